The Morgan fingerprint density at radius 2 is 1.97 bits per heavy atom. The summed E-state index contributed by atoms with van der Waals surface area (Å²) in [6.07, 6.45) is 2.08. The highest BCUT2D eigenvalue weighted by Gasteiger charge is 2.21. The predicted octanol–water partition coefficient (Wildman–Crippen LogP) is 3.09. The van der Waals surface area contributed by atoms with Gasteiger partial charge in [0.2, 0.25) is 5.91 Å². The van der Waals surface area contributed by atoms with Crippen LogP contribution in [0.3, 0.4) is 0 Å². The van der Waals surface area contributed by atoms with Crippen molar-refractivity contribution in [3.63, 3.8) is 0 Å². The molecule has 0 aliphatic rings. The fourth-order valence-corrected chi connectivity index (χ4v) is 3.64. The number of carbonyl (C=O) groups excluding carboxylic acids is 2. The lowest BCUT2D eigenvalue weighted by atomic mass is 10.1. The number of nitrogens with one attached hydrogen (secondary N) is 1. The van der Waals surface area contributed by atoms with Gasteiger partial charge < -0.3 is 19.5 Å². The van der Waals surface area contributed by atoms with E-state index in [9.17, 15) is 9.59 Å². The smallest absolute Gasteiger partial charge is 0.340 e. The van der Waals surface area contributed by atoms with E-state index in [0.29, 0.717) is 23.9 Å². The van der Waals surface area contributed by atoms with Crippen molar-refractivity contribution in [2.45, 2.75) is 39.3 Å². The van der Waals surface area contributed by atoms with Crippen LogP contribution < -0.4 is 14.8 Å². The summed E-state index contributed by atoms with van der Waals surface area (Å²) in [5.41, 5.74) is 0.398. The number of anilines is 1. The van der Waals surface area contributed by atoms with Crippen LogP contribution in [0.4, 0.5) is 5.69 Å². The molecule has 0 aliphatic carbocycles. The van der Waals surface area contributed by atoms with Gasteiger partial charge in [-0.25, -0.2) is 9.48 Å². The molecule has 1 amide bonds. The van der Waals surface area contributed by atoms with Gasteiger partial charge in [0.05, 0.1) is 31.9 Å². The molecule has 1 N–H and O–H groups in total. The van der Waals surface area contributed by atoms with Crippen LogP contribution in [-0.2, 0) is 29.1 Å². The summed E-state index contributed by atoms with van der Waals surface area (Å²) in [4.78, 5) is 26.4. The Balaban J connectivity index is 1.79. The molecule has 3 aromatic rings. The molecular formula is C21H25N5O5S. The fraction of sp³-hybridized carbons (Fsp3) is 0.381. The van der Waals surface area contributed by atoms with Crippen molar-refractivity contribution < 1.29 is 23.8 Å². The number of amides is 1. The number of carbonyl (C=O) groups is 2. The molecule has 32 heavy (non-hydrogen) atoms. The van der Waals surface area contributed by atoms with Gasteiger partial charge in [-0.05, 0) is 28.3 Å². The molecular weight excluding hydrogens is 434 g/mol. The van der Waals surface area contributed by atoms with E-state index in [0.717, 1.165) is 17.7 Å². The van der Waals surface area contributed by atoms with Crippen LogP contribution >= 0.6 is 11.3 Å². The normalized spacial score (nSPS) is 10.6. The molecule has 0 saturated carbocycles. The first kappa shape index (κ1) is 23.2. The molecule has 0 atom stereocenters. The molecule has 0 saturated heterocycles. The summed E-state index contributed by atoms with van der Waals surface area (Å²) in [5, 5.41) is 16.2. The Morgan fingerprint density at radius 3 is 2.66 bits per heavy atom. The van der Waals surface area contributed by atoms with Crippen LogP contribution in [0.2, 0.25) is 0 Å². The minimum absolute atomic E-state index is 0.105. The average Bonchev–Trinajstić information content (AvgIpc) is 3.47. The molecule has 2 aromatic heterocycles. The maximum Gasteiger partial charge on any atom is 0.340 e. The van der Waals surface area contributed by atoms with Crippen molar-refractivity contribution in [3.05, 3.63) is 45.9 Å². The average molecular weight is 460 g/mol. The Hall–Kier alpha value is -3.47. The van der Waals surface area contributed by atoms with Crippen molar-refractivity contribution >= 4 is 28.9 Å². The van der Waals surface area contributed by atoms with E-state index in [1.54, 1.807) is 4.68 Å². The Morgan fingerprint density at radius 1 is 1.19 bits per heavy atom. The third-order valence-electron chi connectivity index (χ3n) is 4.59. The van der Waals surface area contributed by atoms with Gasteiger partial charge in [-0.3, -0.25) is 4.79 Å². The number of tetrazole rings is 1. The number of thiophene rings is 1. The van der Waals surface area contributed by atoms with E-state index in [2.05, 4.69) is 27.8 Å². The molecule has 3 rings (SSSR count). The first-order valence-electron chi connectivity index (χ1n) is 10.1. The molecule has 10 nitrogen and oxygen atoms in total. The highest BCUT2D eigenvalue weighted by atomic mass is 32.1. The molecule has 0 unspecified atom stereocenters. The number of rotatable bonds is 11. The van der Waals surface area contributed by atoms with Gasteiger partial charge in [0.25, 0.3) is 0 Å². The van der Waals surface area contributed by atoms with Crippen molar-refractivity contribution in [3.8, 4) is 11.5 Å². The van der Waals surface area contributed by atoms with Crippen LogP contribution in [-0.4, -0.2) is 46.3 Å². The summed E-state index contributed by atoms with van der Waals surface area (Å²) in [7, 11) is 2.94. The molecule has 0 bridgehead atoms. The topological polar surface area (TPSA) is 117 Å². The third-order valence-corrected chi connectivity index (χ3v) is 5.47. The van der Waals surface area contributed by atoms with Crippen molar-refractivity contribution in [2.24, 2.45) is 0 Å². The monoisotopic (exact) mass is 459 g/mol. The SMILES string of the molecule is CCCCn1nnnc1COC(=O)c1cc(OC)c(OC)cc1NC(=O)Cc1cccs1. The van der Waals surface area contributed by atoms with Crippen molar-refractivity contribution in [2.75, 3.05) is 19.5 Å². The summed E-state index contributed by atoms with van der Waals surface area (Å²) in [6.45, 7) is 2.60. The van der Waals surface area contributed by atoms with Crippen LogP contribution in [0.25, 0.3) is 0 Å². The number of unbranched alkanes of at least 4 members (excludes halogenated alkanes) is 1. The number of ether oxygens (including phenoxy) is 3. The summed E-state index contributed by atoms with van der Waals surface area (Å²) < 4.78 is 17.7. The van der Waals surface area contributed by atoms with Gasteiger partial charge >= 0.3 is 5.97 Å². The minimum Gasteiger partial charge on any atom is -0.493 e. The number of hydrogen-bond acceptors (Lipinski definition) is 9. The largest absolute Gasteiger partial charge is 0.493 e. The predicted molar refractivity (Wildman–Crippen MR) is 118 cm³/mol. The minimum atomic E-state index is -0.651. The molecule has 11 heteroatoms. The lowest BCUT2D eigenvalue weighted by Crippen LogP contribution is -2.18. The van der Waals surface area contributed by atoms with E-state index < -0.39 is 5.97 Å². The lowest BCUT2D eigenvalue weighted by Gasteiger charge is -2.15. The van der Waals surface area contributed by atoms with E-state index in [1.807, 2.05) is 17.5 Å². The summed E-state index contributed by atoms with van der Waals surface area (Å²) in [6, 6.07) is 6.76. The second-order valence-electron chi connectivity index (χ2n) is 6.81. The third kappa shape index (κ3) is 5.82. The van der Waals surface area contributed by atoms with Crippen LogP contribution in [0.5, 0.6) is 11.5 Å². The Bertz CT molecular complexity index is 1050. The number of aryl methyl sites for hydroxylation is 1. The van der Waals surface area contributed by atoms with Gasteiger partial charge in [0.15, 0.2) is 23.9 Å². The van der Waals surface area contributed by atoms with Gasteiger partial charge in [-0.15, -0.1) is 16.4 Å². The molecule has 0 aliphatic heterocycles. The number of aromatic nitrogens is 4. The van der Waals surface area contributed by atoms with Gasteiger partial charge in [-0.1, -0.05) is 19.4 Å². The molecule has 170 valence electrons. The highest BCUT2D eigenvalue weighted by molar-refractivity contribution is 7.10. The fourth-order valence-electron chi connectivity index (χ4n) is 2.93. The molecule has 0 radical (unpaired) electrons. The van der Waals surface area contributed by atoms with Gasteiger partial charge in [-0.2, -0.15) is 0 Å². The number of nitrogens with zero attached hydrogens (tertiary/aromatic N) is 4. The standard InChI is InChI=1S/C21H25N5O5S/c1-4-5-8-26-19(23-24-25-26)13-31-21(28)15-11-17(29-2)18(30-3)12-16(15)22-20(27)10-14-7-6-9-32-14/h6-7,9,11-12H,4-5,8,10,13H2,1-3H3,(H,22,27). The molecule has 0 spiro atoms. The Labute approximate surface area is 189 Å². The maximum atomic E-state index is 12.9. The quantitative estimate of drug-likeness (QED) is 0.435. The zero-order valence-corrected chi connectivity index (χ0v) is 19.0. The zero-order valence-electron chi connectivity index (χ0n) is 18.2. The molecule has 0 fully saturated rings. The lowest BCUT2D eigenvalue weighted by molar-refractivity contribution is -0.115. The molecule has 1 aromatic carbocycles. The van der Waals surface area contributed by atoms with E-state index in [4.69, 9.17) is 14.2 Å². The van der Waals surface area contributed by atoms with E-state index in [1.165, 1.54) is 37.7 Å². The van der Waals surface area contributed by atoms with Crippen molar-refractivity contribution in [1.29, 1.82) is 0 Å². The van der Waals surface area contributed by atoms with Crippen LogP contribution in [0, 0.1) is 0 Å². The van der Waals surface area contributed by atoms with Crippen LogP contribution in [0.15, 0.2) is 29.6 Å². The first-order chi connectivity index (χ1) is 15.5. The number of methoxy groups -OCH3 is 2. The van der Waals surface area contributed by atoms with Gasteiger partial charge in [0, 0.05) is 23.6 Å². The highest BCUT2D eigenvalue weighted by Crippen LogP contribution is 2.34. The number of esters is 1. The van der Waals surface area contributed by atoms with Crippen LogP contribution in [0.1, 0.15) is 40.8 Å². The number of hydrogen-bond donors (Lipinski definition) is 1. The summed E-state index contributed by atoms with van der Waals surface area (Å²) in [5.74, 6) is 0.234. The Kier molecular flexibility index (Phi) is 8.14. The second-order valence-corrected chi connectivity index (χ2v) is 7.84. The second kappa shape index (κ2) is 11.2. The maximum absolute atomic E-state index is 12.9. The zero-order chi connectivity index (χ0) is 22.9. The van der Waals surface area contributed by atoms with E-state index >= 15 is 0 Å². The first-order valence-corrected chi connectivity index (χ1v) is 10.9. The van der Waals surface area contributed by atoms with E-state index in [-0.39, 0.29) is 30.2 Å². The van der Waals surface area contributed by atoms with Gasteiger partial charge in [0.1, 0.15) is 0 Å². The van der Waals surface area contributed by atoms with Crippen molar-refractivity contribution in [1.82, 2.24) is 20.2 Å². The number of benzene rings is 1. The molecule has 2 heterocycles. The summed E-state index contributed by atoms with van der Waals surface area (Å²) >= 11 is 1.48.